The van der Waals surface area contributed by atoms with Crippen LogP contribution in [-0.2, 0) is 21.2 Å². The van der Waals surface area contributed by atoms with Crippen molar-refractivity contribution in [1.29, 1.82) is 0 Å². The normalized spacial score (nSPS) is 17.2. The second-order valence-electron chi connectivity index (χ2n) is 9.00. The average molecular weight is 570 g/mol. The number of carbonyl (C=O) groups excluding carboxylic acids is 1. The first-order valence-electron chi connectivity index (χ1n) is 12.3. The highest BCUT2D eigenvalue weighted by molar-refractivity contribution is 7.93. The van der Waals surface area contributed by atoms with Crippen molar-refractivity contribution < 1.29 is 13.2 Å². The molecule has 10 heteroatoms. The van der Waals surface area contributed by atoms with Crippen molar-refractivity contribution in [1.82, 2.24) is 5.32 Å². The van der Waals surface area contributed by atoms with Crippen molar-refractivity contribution >= 4 is 56.3 Å². The molecule has 0 bridgehead atoms. The van der Waals surface area contributed by atoms with Crippen molar-refractivity contribution in [3.8, 4) is 0 Å². The van der Waals surface area contributed by atoms with Crippen molar-refractivity contribution in [2.24, 2.45) is 4.99 Å². The van der Waals surface area contributed by atoms with Gasteiger partial charge in [-0.3, -0.25) is 14.1 Å². The Morgan fingerprint density at radius 1 is 1.00 bits per heavy atom. The highest BCUT2D eigenvalue weighted by atomic mass is 35.5. The molecule has 1 amide bonds. The standard InChI is InChI=1S/C28H26Cl2N4O3S/c29-22-15-14-21(18-23(22)30)38(36,37)34-25-8-5-4-7-24(25)33-28(35)26(34)9-3-1-2-6-19-10-12-20(13-11-19)27-31-16-17-32-27/h1,3-5,7-8,10-15,18,26H,2,6,9,16-17H2,(H,31,32)(H,33,35)/b3-1+/t26-/m1/s1. The van der Waals surface area contributed by atoms with Gasteiger partial charge in [0, 0.05) is 12.1 Å². The molecule has 0 aromatic heterocycles. The highest BCUT2D eigenvalue weighted by Crippen LogP contribution is 2.38. The topological polar surface area (TPSA) is 90.9 Å². The third kappa shape index (κ3) is 5.43. The lowest BCUT2D eigenvalue weighted by molar-refractivity contribution is -0.117. The Labute approximate surface area is 232 Å². The molecule has 2 aliphatic heterocycles. The second-order valence-corrected chi connectivity index (χ2v) is 11.6. The zero-order chi connectivity index (χ0) is 26.7. The summed E-state index contributed by atoms with van der Waals surface area (Å²) in [5.41, 5.74) is 3.10. The number of nitrogens with zero attached hydrogens (tertiary/aromatic N) is 2. The molecule has 0 fully saturated rings. The van der Waals surface area contributed by atoms with Crippen LogP contribution in [0.4, 0.5) is 11.4 Å². The van der Waals surface area contributed by atoms with Crippen molar-refractivity contribution in [2.75, 3.05) is 22.7 Å². The van der Waals surface area contributed by atoms with Gasteiger partial charge in [-0.15, -0.1) is 0 Å². The molecule has 0 aliphatic carbocycles. The first-order valence-corrected chi connectivity index (χ1v) is 14.5. The number of hydrogen-bond acceptors (Lipinski definition) is 5. The van der Waals surface area contributed by atoms with Crippen LogP contribution >= 0.6 is 23.2 Å². The third-order valence-electron chi connectivity index (χ3n) is 6.46. The van der Waals surface area contributed by atoms with Crippen molar-refractivity contribution in [2.45, 2.75) is 30.2 Å². The molecule has 3 aromatic carbocycles. The Balaban J connectivity index is 1.32. The zero-order valence-corrected chi connectivity index (χ0v) is 22.7. The molecule has 196 valence electrons. The van der Waals surface area contributed by atoms with E-state index in [2.05, 4.69) is 39.9 Å². The first kappa shape index (κ1) is 26.3. The Morgan fingerprint density at radius 3 is 2.53 bits per heavy atom. The summed E-state index contributed by atoms with van der Waals surface area (Å²) >= 11 is 12.1. The van der Waals surface area contributed by atoms with Gasteiger partial charge < -0.3 is 10.6 Å². The molecule has 0 radical (unpaired) electrons. The van der Waals surface area contributed by atoms with Crippen molar-refractivity contribution in [3.05, 3.63) is 100 Å². The van der Waals surface area contributed by atoms with Crippen molar-refractivity contribution in [3.63, 3.8) is 0 Å². The van der Waals surface area contributed by atoms with E-state index in [0.29, 0.717) is 11.4 Å². The molecule has 0 spiro atoms. The summed E-state index contributed by atoms with van der Waals surface area (Å²) in [4.78, 5) is 17.5. The van der Waals surface area contributed by atoms with E-state index < -0.39 is 22.0 Å². The van der Waals surface area contributed by atoms with E-state index in [-0.39, 0.29) is 21.4 Å². The highest BCUT2D eigenvalue weighted by Gasteiger charge is 2.40. The van der Waals surface area contributed by atoms with Gasteiger partial charge in [-0.1, -0.05) is 71.8 Å². The quantitative estimate of drug-likeness (QED) is 0.354. The lowest BCUT2D eigenvalue weighted by atomic mass is 10.1. The van der Waals surface area contributed by atoms with Gasteiger partial charge in [-0.2, -0.15) is 0 Å². The number of rotatable bonds is 8. The molecule has 3 aromatic rings. The number of aryl methyl sites for hydroxylation is 1. The number of allylic oxidation sites excluding steroid dienone is 1. The van der Waals surface area contributed by atoms with Crippen LogP contribution < -0.4 is 14.9 Å². The van der Waals surface area contributed by atoms with E-state index in [1.807, 2.05) is 12.2 Å². The smallest absolute Gasteiger partial charge is 0.265 e. The number of amides is 1. The van der Waals surface area contributed by atoms with E-state index >= 15 is 0 Å². The number of carbonyl (C=O) groups is 1. The number of fused-ring (bicyclic) bond motifs is 1. The number of para-hydroxylation sites is 2. The van der Waals surface area contributed by atoms with Crippen LogP contribution in [0.2, 0.25) is 10.0 Å². The Morgan fingerprint density at radius 2 is 1.79 bits per heavy atom. The van der Waals surface area contributed by atoms with Gasteiger partial charge in [0.25, 0.3) is 10.0 Å². The first-order chi connectivity index (χ1) is 18.3. The van der Waals surface area contributed by atoms with E-state index in [1.165, 1.54) is 28.1 Å². The number of aliphatic imine (C=N–C) groups is 1. The SMILES string of the molecule is O=C1Nc2ccccc2N(S(=O)(=O)c2ccc(Cl)c(Cl)c2)[C@@H]1C/C=C/CCc1ccc(C2=NCCN2)cc1. The van der Waals surface area contributed by atoms with Gasteiger partial charge in [0.2, 0.25) is 5.91 Å². The van der Waals surface area contributed by atoms with Gasteiger partial charge in [0.15, 0.2) is 0 Å². The Bertz CT molecular complexity index is 1520. The fourth-order valence-electron chi connectivity index (χ4n) is 4.53. The average Bonchev–Trinajstić information content (AvgIpc) is 3.45. The summed E-state index contributed by atoms with van der Waals surface area (Å²) in [6.45, 7) is 1.68. The minimum atomic E-state index is -4.11. The number of benzene rings is 3. The van der Waals surface area contributed by atoms with Gasteiger partial charge in [0.1, 0.15) is 11.9 Å². The molecule has 7 nitrogen and oxygen atoms in total. The van der Waals surface area contributed by atoms with Gasteiger partial charge >= 0.3 is 0 Å². The van der Waals surface area contributed by atoms with Gasteiger partial charge in [-0.05, 0) is 55.2 Å². The lowest BCUT2D eigenvalue weighted by Crippen LogP contribution is -2.50. The van der Waals surface area contributed by atoms with E-state index in [9.17, 15) is 13.2 Å². The van der Waals surface area contributed by atoms with E-state index in [1.54, 1.807) is 24.3 Å². The molecule has 2 N–H and O–H groups in total. The molecular formula is C28H26Cl2N4O3S. The molecule has 0 saturated heterocycles. The summed E-state index contributed by atoms with van der Waals surface area (Å²) in [5, 5.41) is 6.48. The summed E-state index contributed by atoms with van der Waals surface area (Å²) < 4.78 is 28.7. The molecule has 0 unspecified atom stereocenters. The second kappa shape index (κ2) is 11.2. The maximum absolute atomic E-state index is 13.8. The number of halogens is 2. The minimum Gasteiger partial charge on any atom is -0.368 e. The summed E-state index contributed by atoms with van der Waals surface area (Å²) in [5.74, 6) is 0.542. The number of anilines is 2. The van der Waals surface area contributed by atoms with Gasteiger partial charge in [-0.25, -0.2) is 8.42 Å². The van der Waals surface area contributed by atoms with Crippen LogP contribution in [0.15, 0.2) is 88.8 Å². The fraction of sp³-hybridized carbons (Fsp3) is 0.214. The molecule has 0 saturated carbocycles. The maximum Gasteiger partial charge on any atom is 0.265 e. The van der Waals surface area contributed by atoms with Crippen LogP contribution in [0, 0.1) is 0 Å². The molecule has 2 aliphatic rings. The fourth-order valence-corrected chi connectivity index (χ4v) is 6.56. The van der Waals surface area contributed by atoms with Crippen LogP contribution in [-0.4, -0.2) is 39.3 Å². The number of hydrogen-bond donors (Lipinski definition) is 2. The molecule has 5 rings (SSSR count). The van der Waals surface area contributed by atoms with E-state index in [4.69, 9.17) is 23.2 Å². The Hall–Kier alpha value is -3.33. The summed E-state index contributed by atoms with van der Waals surface area (Å²) in [6.07, 6.45) is 5.63. The lowest BCUT2D eigenvalue weighted by Gasteiger charge is -2.36. The predicted octanol–water partition coefficient (Wildman–Crippen LogP) is 5.44. The third-order valence-corrected chi connectivity index (χ3v) is 9.02. The number of amidine groups is 1. The molecule has 2 heterocycles. The monoisotopic (exact) mass is 568 g/mol. The Kier molecular flexibility index (Phi) is 7.74. The summed E-state index contributed by atoms with van der Waals surface area (Å²) in [6, 6.07) is 18.3. The largest absolute Gasteiger partial charge is 0.368 e. The maximum atomic E-state index is 13.8. The van der Waals surface area contributed by atoms with Crippen LogP contribution in [0.3, 0.4) is 0 Å². The van der Waals surface area contributed by atoms with Crippen LogP contribution in [0.5, 0.6) is 0 Å². The van der Waals surface area contributed by atoms with Crippen LogP contribution in [0.1, 0.15) is 24.0 Å². The molecular weight excluding hydrogens is 543 g/mol. The van der Waals surface area contributed by atoms with E-state index in [0.717, 1.165) is 37.3 Å². The van der Waals surface area contributed by atoms with Crippen LogP contribution in [0.25, 0.3) is 0 Å². The number of nitrogens with one attached hydrogen (secondary N) is 2. The molecule has 38 heavy (non-hydrogen) atoms. The summed E-state index contributed by atoms with van der Waals surface area (Å²) in [7, 11) is -4.11. The van der Waals surface area contributed by atoms with Gasteiger partial charge in [0.05, 0.1) is 32.9 Å². The minimum absolute atomic E-state index is 0.0346. The molecule has 1 atom stereocenters. The number of sulfonamides is 1. The zero-order valence-electron chi connectivity index (χ0n) is 20.4. The predicted molar refractivity (Wildman–Crippen MR) is 153 cm³/mol.